The van der Waals surface area contributed by atoms with Gasteiger partial charge < -0.3 is 10.5 Å². The third kappa shape index (κ3) is 5.43. The molecule has 1 aromatic rings. The van der Waals surface area contributed by atoms with Gasteiger partial charge in [-0.3, -0.25) is 9.52 Å². The van der Waals surface area contributed by atoms with E-state index in [1.165, 1.54) is 12.3 Å². The van der Waals surface area contributed by atoms with E-state index in [-0.39, 0.29) is 24.6 Å². The number of nitrogen functional groups attached to an aromatic ring is 1. The van der Waals surface area contributed by atoms with Crippen LogP contribution in [0, 0.1) is 0 Å². The number of carbonyl (C=O) groups is 1. The van der Waals surface area contributed by atoms with Crippen molar-refractivity contribution in [3.8, 4) is 0 Å². The number of hydrogen-bond acceptors (Lipinski definition) is 6. The van der Waals surface area contributed by atoms with Gasteiger partial charge in [0, 0.05) is 0 Å². The van der Waals surface area contributed by atoms with Gasteiger partial charge >= 0.3 is 5.97 Å². The third-order valence-corrected chi connectivity index (χ3v) is 3.85. The maximum Gasteiger partial charge on any atom is 0.306 e. The van der Waals surface area contributed by atoms with Gasteiger partial charge in [0.15, 0.2) is 5.82 Å². The molecule has 0 amide bonds. The summed E-state index contributed by atoms with van der Waals surface area (Å²) in [5.41, 5.74) is 5.90. The summed E-state index contributed by atoms with van der Waals surface area (Å²) in [7, 11) is -3.67. The molecule has 0 atom stereocenters. The zero-order valence-corrected chi connectivity index (χ0v) is 12.6. The van der Waals surface area contributed by atoms with E-state index >= 15 is 0 Å². The topological polar surface area (TPSA) is 111 Å². The molecular formula is C10H14BrN3O4S. The normalized spacial score (nSPS) is 11.1. The quantitative estimate of drug-likeness (QED) is 0.742. The number of rotatable bonds is 6. The zero-order chi connectivity index (χ0) is 14.5. The number of nitrogens with two attached hydrogens (primary N) is 1. The minimum atomic E-state index is -3.67. The van der Waals surface area contributed by atoms with Crippen LogP contribution in [0.4, 0.5) is 11.5 Å². The molecule has 106 valence electrons. The molecule has 1 rings (SSSR count). The predicted molar refractivity (Wildman–Crippen MR) is 75.0 cm³/mol. The number of sulfonamides is 1. The van der Waals surface area contributed by atoms with Crippen LogP contribution in [0.1, 0.15) is 13.3 Å². The molecule has 0 aliphatic rings. The van der Waals surface area contributed by atoms with Crippen molar-refractivity contribution >= 4 is 43.4 Å². The summed E-state index contributed by atoms with van der Waals surface area (Å²) in [5, 5.41) is 0. The summed E-state index contributed by atoms with van der Waals surface area (Å²) in [4.78, 5) is 14.9. The van der Waals surface area contributed by atoms with Crippen molar-refractivity contribution < 1.29 is 17.9 Å². The van der Waals surface area contributed by atoms with E-state index < -0.39 is 16.0 Å². The second-order valence-electron chi connectivity index (χ2n) is 3.58. The molecule has 0 spiro atoms. The van der Waals surface area contributed by atoms with Crippen molar-refractivity contribution in [1.29, 1.82) is 0 Å². The molecule has 0 unspecified atom stereocenters. The van der Waals surface area contributed by atoms with Gasteiger partial charge in [-0.1, -0.05) is 0 Å². The van der Waals surface area contributed by atoms with Crippen LogP contribution in [-0.2, 0) is 19.6 Å². The highest BCUT2D eigenvalue weighted by molar-refractivity contribution is 9.10. The Bertz CT molecular complexity index is 562. The number of pyridine rings is 1. The first-order valence-electron chi connectivity index (χ1n) is 5.41. The molecule has 0 radical (unpaired) electrons. The Kier molecular flexibility index (Phi) is 5.55. The summed E-state index contributed by atoms with van der Waals surface area (Å²) >= 11 is 3.14. The molecule has 7 nitrogen and oxygen atoms in total. The van der Waals surface area contributed by atoms with Crippen LogP contribution in [0.2, 0.25) is 0 Å². The Morgan fingerprint density at radius 3 is 2.84 bits per heavy atom. The van der Waals surface area contributed by atoms with E-state index in [2.05, 4.69) is 30.4 Å². The van der Waals surface area contributed by atoms with Crippen molar-refractivity contribution in [2.45, 2.75) is 13.3 Å². The Labute approximate surface area is 119 Å². The number of halogens is 1. The number of esters is 1. The maximum atomic E-state index is 11.7. The van der Waals surface area contributed by atoms with Crippen LogP contribution >= 0.6 is 15.9 Å². The SMILES string of the molecule is CCOC(=O)CCS(=O)(=O)Nc1ncc(N)cc1Br. The van der Waals surface area contributed by atoms with Crippen molar-refractivity contribution in [3.05, 3.63) is 16.7 Å². The van der Waals surface area contributed by atoms with Gasteiger partial charge in [-0.25, -0.2) is 13.4 Å². The first-order chi connectivity index (χ1) is 8.84. The van der Waals surface area contributed by atoms with Crippen LogP contribution in [0.5, 0.6) is 0 Å². The Morgan fingerprint density at radius 2 is 2.26 bits per heavy atom. The first-order valence-corrected chi connectivity index (χ1v) is 7.85. The lowest BCUT2D eigenvalue weighted by atomic mass is 10.4. The van der Waals surface area contributed by atoms with Crippen LogP contribution in [0.25, 0.3) is 0 Å². The molecule has 0 fully saturated rings. The zero-order valence-electron chi connectivity index (χ0n) is 10.2. The van der Waals surface area contributed by atoms with E-state index in [4.69, 9.17) is 5.73 Å². The van der Waals surface area contributed by atoms with Crippen LogP contribution in [0.3, 0.4) is 0 Å². The van der Waals surface area contributed by atoms with Crippen molar-refractivity contribution in [2.24, 2.45) is 0 Å². The minimum absolute atomic E-state index is 0.123. The predicted octanol–water partition coefficient (Wildman–Crippen LogP) is 1.12. The molecular weight excluding hydrogens is 338 g/mol. The number of nitrogens with one attached hydrogen (secondary N) is 1. The van der Waals surface area contributed by atoms with Gasteiger partial charge in [0.25, 0.3) is 0 Å². The Hall–Kier alpha value is -1.35. The lowest BCUT2D eigenvalue weighted by molar-refractivity contribution is -0.142. The summed E-state index contributed by atoms with van der Waals surface area (Å²) in [6.45, 7) is 1.87. The van der Waals surface area contributed by atoms with Crippen LogP contribution < -0.4 is 10.5 Å². The largest absolute Gasteiger partial charge is 0.466 e. The highest BCUT2D eigenvalue weighted by atomic mass is 79.9. The molecule has 0 saturated carbocycles. The molecule has 19 heavy (non-hydrogen) atoms. The minimum Gasteiger partial charge on any atom is -0.466 e. The monoisotopic (exact) mass is 351 g/mol. The second kappa shape index (κ2) is 6.71. The van der Waals surface area contributed by atoms with Crippen molar-refractivity contribution in [2.75, 3.05) is 22.8 Å². The van der Waals surface area contributed by atoms with E-state index in [1.807, 2.05) is 0 Å². The molecule has 1 aromatic heterocycles. The Morgan fingerprint density at radius 1 is 1.58 bits per heavy atom. The average molecular weight is 352 g/mol. The van der Waals surface area contributed by atoms with Crippen LogP contribution in [-0.4, -0.2) is 31.7 Å². The van der Waals surface area contributed by atoms with E-state index in [1.54, 1.807) is 6.92 Å². The van der Waals surface area contributed by atoms with E-state index in [0.29, 0.717) is 10.2 Å². The fourth-order valence-electron chi connectivity index (χ4n) is 1.18. The fourth-order valence-corrected chi connectivity index (χ4v) is 2.77. The van der Waals surface area contributed by atoms with Crippen molar-refractivity contribution in [1.82, 2.24) is 4.98 Å². The molecule has 3 N–H and O–H groups in total. The van der Waals surface area contributed by atoms with Crippen LogP contribution in [0.15, 0.2) is 16.7 Å². The van der Waals surface area contributed by atoms with Gasteiger partial charge in [-0.05, 0) is 28.9 Å². The number of nitrogens with zero attached hydrogens (tertiary/aromatic N) is 1. The summed E-state index contributed by atoms with van der Waals surface area (Å²) in [5.74, 6) is -0.806. The lowest BCUT2D eigenvalue weighted by Gasteiger charge is -2.08. The standard InChI is InChI=1S/C10H14BrN3O4S/c1-2-18-9(15)3-4-19(16,17)14-10-8(11)5-7(12)6-13-10/h5-6H,2-4,12H2,1H3,(H,13,14). The second-order valence-corrected chi connectivity index (χ2v) is 6.27. The van der Waals surface area contributed by atoms with Crippen molar-refractivity contribution in [3.63, 3.8) is 0 Å². The first kappa shape index (κ1) is 15.7. The van der Waals surface area contributed by atoms with Gasteiger partial charge in [-0.2, -0.15) is 0 Å². The molecule has 0 bridgehead atoms. The summed E-state index contributed by atoms with van der Waals surface area (Å²) in [6.07, 6.45) is 1.11. The Balaban J connectivity index is 2.66. The smallest absolute Gasteiger partial charge is 0.306 e. The van der Waals surface area contributed by atoms with Gasteiger partial charge in [0.05, 0.1) is 35.1 Å². The number of aromatic nitrogens is 1. The molecule has 1 heterocycles. The van der Waals surface area contributed by atoms with E-state index in [0.717, 1.165) is 0 Å². The highest BCUT2D eigenvalue weighted by Crippen LogP contribution is 2.22. The third-order valence-electron chi connectivity index (χ3n) is 1.99. The number of carbonyl (C=O) groups excluding carboxylic acids is 1. The molecule has 0 aliphatic heterocycles. The summed E-state index contributed by atoms with van der Waals surface area (Å²) in [6, 6.07) is 1.52. The van der Waals surface area contributed by atoms with Gasteiger partial charge in [0.2, 0.25) is 10.0 Å². The molecule has 0 saturated heterocycles. The molecule has 0 aliphatic carbocycles. The summed E-state index contributed by atoms with van der Waals surface area (Å²) < 4.78 is 30.8. The number of ether oxygens (including phenoxy) is 1. The van der Waals surface area contributed by atoms with Gasteiger partial charge in [-0.15, -0.1) is 0 Å². The molecule has 0 aromatic carbocycles. The maximum absolute atomic E-state index is 11.7. The number of hydrogen-bond donors (Lipinski definition) is 2. The van der Waals surface area contributed by atoms with E-state index in [9.17, 15) is 13.2 Å². The molecule has 9 heteroatoms. The fraction of sp³-hybridized carbons (Fsp3) is 0.400. The van der Waals surface area contributed by atoms with Gasteiger partial charge in [0.1, 0.15) is 0 Å². The highest BCUT2D eigenvalue weighted by Gasteiger charge is 2.16. The average Bonchev–Trinajstić information content (AvgIpc) is 2.31. The number of anilines is 2. The lowest BCUT2D eigenvalue weighted by Crippen LogP contribution is -2.20.